The number of nitrogens with zero attached hydrogens (tertiary/aromatic N) is 3. The minimum atomic E-state index is -1.47. The molecule has 1 amide bonds. The average molecular weight is 940 g/mol. The Morgan fingerprint density at radius 3 is 2.34 bits per heavy atom. The molecule has 1 aromatic heterocycles. The van der Waals surface area contributed by atoms with Crippen molar-refractivity contribution in [2.45, 2.75) is 161 Å². The molecule has 1 saturated carbocycles. The number of ether oxygens (including phenoxy) is 4. The zero-order valence-corrected chi connectivity index (χ0v) is 41.1. The number of hydrogen-bond donors (Lipinski definition) is 2. The summed E-state index contributed by atoms with van der Waals surface area (Å²) >= 11 is 0. The predicted octanol–water partition coefficient (Wildman–Crippen LogP) is 12.3. The molecular weight excluding hydrogens is 862 g/mol. The molecule has 0 radical (unpaired) electrons. The highest BCUT2D eigenvalue weighted by Gasteiger charge is 2.65. The van der Waals surface area contributed by atoms with Crippen molar-refractivity contribution in [1.29, 1.82) is 0 Å². The highest BCUT2D eigenvalue weighted by Crippen LogP contribution is 2.62. The van der Waals surface area contributed by atoms with Crippen LogP contribution < -0.4 is 9.47 Å². The van der Waals surface area contributed by atoms with Crippen molar-refractivity contribution < 1.29 is 43.2 Å². The zero-order chi connectivity index (χ0) is 48.1. The lowest BCUT2D eigenvalue weighted by atomic mass is 9.55. The second-order valence-electron chi connectivity index (χ2n) is 18.8. The molecule has 0 unspecified atom stereocenters. The van der Waals surface area contributed by atoms with E-state index in [0.29, 0.717) is 36.7 Å². The van der Waals surface area contributed by atoms with Crippen LogP contribution in [-0.2, 0) is 27.5 Å². The van der Waals surface area contributed by atoms with Gasteiger partial charge in [-0.1, -0.05) is 113 Å². The molecule has 68 heavy (non-hydrogen) atoms. The molecule has 0 saturated heterocycles. The van der Waals surface area contributed by atoms with Gasteiger partial charge in [-0.3, -0.25) is 9.88 Å². The molecule has 2 aliphatic carbocycles. The lowest BCUT2D eigenvalue weighted by Crippen LogP contribution is -2.70. The highest BCUT2D eigenvalue weighted by atomic mass is 19.1. The fraction of sp³-hybridized carbons (Fsp3) is 0.589. The summed E-state index contributed by atoms with van der Waals surface area (Å²) in [7, 11) is 0. The first-order chi connectivity index (χ1) is 33.3. The zero-order valence-electron chi connectivity index (χ0n) is 41.1. The summed E-state index contributed by atoms with van der Waals surface area (Å²) in [5.74, 6) is -1.17. The van der Waals surface area contributed by atoms with Crippen LogP contribution in [0.1, 0.15) is 151 Å². The quantitative estimate of drug-likeness (QED) is 0.0381. The molecular formula is C56H78FN3O8. The fourth-order valence-corrected chi connectivity index (χ4v) is 10.6. The third-order valence-corrected chi connectivity index (χ3v) is 13.9. The van der Waals surface area contributed by atoms with Crippen LogP contribution in [0.2, 0.25) is 0 Å². The normalized spacial score (nSPS) is 22.1. The third-order valence-electron chi connectivity index (χ3n) is 13.9. The Morgan fingerprint density at radius 1 is 0.926 bits per heavy atom. The molecule has 1 fully saturated rings. The molecule has 6 atom stereocenters. The number of carbonyl (C=O) groups excluding carboxylic acids is 1. The fourth-order valence-electron chi connectivity index (χ4n) is 10.6. The standard InChI is InChI=1S/C56H78FN3O8/c1-5-8-9-10-11-12-13-14-15-20-35-64-55(63)60(39-42-26-28-44(57)29-27-42)52-38-50(59-67-7-3)48-36-43(23-16-18-32-61)47(25-17-19-33-62)53-49-37-46(65-40-45-24-21-22-41(4)58-45)30-31-51(49)68-56(52,54(48)53)66-34-6-2/h6,21-22,24,26-31,36-37,43,47,52-54,61-62H,2,5,7-20,23,25,32-35,38-40H2,1,3-4H3/t43-,47+,52-,53+,54+,56+/m0/s1. The van der Waals surface area contributed by atoms with E-state index in [0.717, 1.165) is 73.0 Å². The number of benzene rings is 2. The Kier molecular flexibility index (Phi) is 21.2. The number of aryl methyl sites for hydroxylation is 1. The number of fused-ring (bicyclic) bond motifs is 2. The minimum absolute atomic E-state index is 0.0398. The number of amides is 1. The van der Waals surface area contributed by atoms with E-state index in [1.807, 2.05) is 44.2 Å². The molecule has 3 aromatic rings. The van der Waals surface area contributed by atoms with Crippen LogP contribution in [0, 0.1) is 30.5 Å². The number of pyridine rings is 1. The van der Waals surface area contributed by atoms with Crippen LogP contribution in [0.5, 0.6) is 11.5 Å². The van der Waals surface area contributed by atoms with Crippen molar-refractivity contribution >= 4 is 11.8 Å². The first kappa shape index (κ1) is 52.6. The first-order valence-corrected chi connectivity index (χ1v) is 25.7. The number of oxime groups is 1. The summed E-state index contributed by atoms with van der Waals surface area (Å²) in [6.45, 7) is 11.4. The van der Waals surface area contributed by atoms with Crippen molar-refractivity contribution in [3.05, 3.63) is 113 Å². The van der Waals surface area contributed by atoms with Gasteiger partial charge in [-0.15, -0.1) is 6.58 Å². The van der Waals surface area contributed by atoms with Gasteiger partial charge >= 0.3 is 6.09 Å². The molecule has 12 heteroatoms. The molecule has 6 rings (SSSR count). The number of allylic oxidation sites excluding steroid dienone is 1. The maximum absolute atomic E-state index is 14.9. The van der Waals surface area contributed by atoms with Crippen LogP contribution in [-0.4, -0.2) is 76.8 Å². The molecule has 1 aliphatic heterocycles. The SMILES string of the molecule is C=CCO[C@@]12Oc3ccc(OCc4cccc(C)n4)cc3[C@H]3[C@H](CCCCO)[C@@H](CCCCO)C=C(C(=NOCC)C[C@@H]1N(Cc1ccc(F)cc1)C(=O)OCCCCCCCCCCCC)[C@H]32. The molecule has 2 aromatic carbocycles. The molecule has 2 N–H and O–H groups in total. The van der Waals surface area contributed by atoms with E-state index in [1.54, 1.807) is 23.1 Å². The molecule has 2 heterocycles. The summed E-state index contributed by atoms with van der Waals surface area (Å²) in [5.41, 5.74) is 5.04. The van der Waals surface area contributed by atoms with E-state index in [-0.39, 0.29) is 69.6 Å². The van der Waals surface area contributed by atoms with Crippen molar-refractivity contribution in [1.82, 2.24) is 9.88 Å². The van der Waals surface area contributed by atoms with Gasteiger partial charge < -0.3 is 34.0 Å². The summed E-state index contributed by atoms with van der Waals surface area (Å²) in [5, 5.41) is 24.8. The highest BCUT2D eigenvalue weighted by molar-refractivity contribution is 6.03. The second kappa shape index (κ2) is 27.4. The van der Waals surface area contributed by atoms with Crippen LogP contribution in [0.4, 0.5) is 9.18 Å². The van der Waals surface area contributed by atoms with Crippen molar-refractivity contribution in [2.24, 2.45) is 22.9 Å². The Hall–Kier alpha value is -4.78. The summed E-state index contributed by atoms with van der Waals surface area (Å²) in [4.78, 5) is 27.2. The summed E-state index contributed by atoms with van der Waals surface area (Å²) in [6, 6.07) is 17.2. The minimum Gasteiger partial charge on any atom is -0.487 e. The molecule has 372 valence electrons. The van der Waals surface area contributed by atoms with Gasteiger partial charge in [-0.05, 0) is 111 Å². The largest absolute Gasteiger partial charge is 0.487 e. The first-order valence-electron chi connectivity index (χ1n) is 25.7. The summed E-state index contributed by atoms with van der Waals surface area (Å²) < 4.78 is 41.6. The molecule has 0 bridgehead atoms. The van der Waals surface area contributed by atoms with Gasteiger partial charge in [0.05, 0.1) is 30.5 Å². The Bertz CT molecular complexity index is 2080. The number of aliphatic hydroxyl groups is 2. The Morgan fingerprint density at radius 2 is 1.65 bits per heavy atom. The average Bonchev–Trinajstić information content (AvgIpc) is 3.34. The van der Waals surface area contributed by atoms with Crippen molar-refractivity contribution in [3.63, 3.8) is 0 Å². The number of carbonyl (C=O) groups is 1. The van der Waals surface area contributed by atoms with Gasteiger partial charge in [0.2, 0.25) is 5.79 Å². The van der Waals surface area contributed by atoms with E-state index in [4.69, 9.17) is 28.9 Å². The van der Waals surface area contributed by atoms with Crippen LogP contribution in [0.15, 0.2) is 90.1 Å². The Balaban J connectivity index is 1.44. The Labute approximate surface area is 405 Å². The molecule has 3 aliphatic rings. The number of hydrogen-bond acceptors (Lipinski definition) is 10. The number of aromatic nitrogens is 1. The smallest absolute Gasteiger partial charge is 0.410 e. The lowest BCUT2D eigenvalue weighted by Gasteiger charge is -2.59. The van der Waals surface area contributed by atoms with E-state index in [9.17, 15) is 19.4 Å². The maximum Gasteiger partial charge on any atom is 0.410 e. The van der Waals surface area contributed by atoms with Crippen molar-refractivity contribution in [3.8, 4) is 11.5 Å². The monoisotopic (exact) mass is 940 g/mol. The summed E-state index contributed by atoms with van der Waals surface area (Å²) in [6.07, 6.45) is 19.9. The lowest BCUT2D eigenvalue weighted by molar-refractivity contribution is -0.256. The van der Waals surface area contributed by atoms with Crippen LogP contribution in [0.25, 0.3) is 0 Å². The second-order valence-corrected chi connectivity index (χ2v) is 18.8. The van der Waals surface area contributed by atoms with Gasteiger partial charge in [-0.25, -0.2) is 9.18 Å². The van der Waals surface area contributed by atoms with E-state index >= 15 is 0 Å². The predicted molar refractivity (Wildman–Crippen MR) is 265 cm³/mol. The number of unbranched alkanes of at least 4 members (excludes halogenated alkanes) is 11. The van der Waals surface area contributed by atoms with Gasteiger partial charge in [0.25, 0.3) is 0 Å². The van der Waals surface area contributed by atoms with Crippen LogP contribution >= 0.6 is 0 Å². The van der Waals surface area contributed by atoms with Gasteiger partial charge in [0.15, 0.2) is 0 Å². The molecule has 0 spiro atoms. The van der Waals surface area contributed by atoms with E-state index in [1.165, 1.54) is 57.1 Å². The third kappa shape index (κ3) is 13.9. The van der Waals surface area contributed by atoms with E-state index < -0.39 is 23.8 Å². The van der Waals surface area contributed by atoms with Gasteiger partial charge in [0.1, 0.15) is 36.6 Å². The van der Waals surface area contributed by atoms with E-state index in [2.05, 4.69) is 30.6 Å². The maximum atomic E-state index is 14.9. The van der Waals surface area contributed by atoms with Crippen molar-refractivity contribution in [2.75, 3.05) is 33.0 Å². The van der Waals surface area contributed by atoms with Gasteiger partial charge in [0, 0.05) is 43.4 Å². The number of rotatable bonds is 30. The van der Waals surface area contributed by atoms with Crippen LogP contribution in [0.3, 0.4) is 0 Å². The van der Waals surface area contributed by atoms with Gasteiger partial charge in [-0.2, -0.15) is 0 Å². The number of aliphatic hydroxyl groups excluding tert-OH is 2. The number of halogens is 1. The topological polar surface area (TPSA) is 132 Å². The molecule has 11 nitrogen and oxygen atoms in total.